The van der Waals surface area contributed by atoms with Crippen LogP contribution in [0, 0.1) is 5.92 Å². The van der Waals surface area contributed by atoms with Gasteiger partial charge in [-0.1, -0.05) is 44.2 Å². The summed E-state index contributed by atoms with van der Waals surface area (Å²) in [5.74, 6) is -0.367. The fraction of sp³-hybridized carbons (Fsp3) is 0.609. The number of nitrogens with zero attached hydrogens (tertiary/aromatic N) is 1. The molecule has 3 N–H and O–H groups in total. The summed E-state index contributed by atoms with van der Waals surface area (Å²) >= 11 is 0. The Hall–Kier alpha value is -2.57. The molecule has 0 spiro atoms. The first-order valence-corrected chi connectivity index (χ1v) is 10.3. The van der Waals surface area contributed by atoms with Gasteiger partial charge in [0.05, 0.1) is 6.04 Å². The van der Waals surface area contributed by atoms with E-state index < -0.39 is 35.3 Å². The Kier molecular flexibility index (Phi) is 8.88. The fourth-order valence-electron chi connectivity index (χ4n) is 2.67. The first kappa shape index (κ1) is 25.5. The average Bonchev–Trinajstić information content (AvgIpc) is 2.56. The first-order chi connectivity index (χ1) is 13.7. The molecule has 0 heterocycles. The highest BCUT2D eigenvalue weighted by molar-refractivity contribution is 5.91. The van der Waals surface area contributed by atoms with Crippen LogP contribution in [0.2, 0.25) is 0 Å². The third kappa shape index (κ3) is 9.76. The van der Waals surface area contributed by atoms with E-state index in [1.165, 1.54) is 0 Å². The zero-order chi connectivity index (χ0) is 23.1. The molecule has 0 aliphatic heterocycles. The van der Waals surface area contributed by atoms with Gasteiger partial charge in [0.15, 0.2) is 6.04 Å². The number of nitrogens with two attached hydrogens (primary N) is 1. The minimum absolute atomic E-state index is 0.0581. The molecule has 1 rings (SSSR count). The number of aliphatic imine (C=N–C) groups is 1. The number of hydrogen-bond acceptors (Lipinski definition) is 5. The van der Waals surface area contributed by atoms with Gasteiger partial charge in [-0.2, -0.15) is 0 Å². The van der Waals surface area contributed by atoms with Gasteiger partial charge < -0.3 is 20.5 Å². The molecule has 2 atom stereocenters. The van der Waals surface area contributed by atoms with Crippen molar-refractivity contribution in [2.24, 2.45) is 16.6 Å². The van der Waals surface area contributed by atoms with Crippen LogP contribution in [0.25, 0.3) is 0 Å². The van der Waals surface area contributed by atoms with E-state index in [-0.39, 0.29) is 11.8 Å². The summed E-state index contributed by atoms with van der Waals surface area (Å²) in [6, 6.07) is 8.13. The number of alkyl carbamates (subject to hydrolysis) is 1. The molecule has 30 heavy (non-hydrogen) atoms. The maximum absolute atomic E-state index is 12.8. The van der Waals surface area contributed by atoms with Crippen LogP contribution in [0.5, 0.6) is 0 Å². The van der Waals surface area contributed by atoms with Crippen LogP contribution >= 0.6 is 0 Å². The Morgan fingerprint density at radius 2 is 1.53 bits per heavy atom. The topological polar surface area (TPSA) is 103 Å². The number of carbonyl (C=O) groups is 2. The van der Waals surface area contributed by atoms with Gasteiger partial charge >= 0.3 is 12.1 Å². The Bertz CT molecular complexity index is 731. The summed E-state index contributed by atoms with van der Waals surface area (Å²) in [6.45, 7) is 14.6. The van der Waals surface area contributed by atoms with Gasteiger partial charge in [-0.15, -0.1) is 0 Å². The molecule has 0 fully saturated rings. The van der Waals surface area contributed by atoms with Crippen molar-refractivity contribution in [3.8, 4) is 0 Å². The van der Waals surface area contributed by atoms with Crippen LogP contribution in [0.4, 0.5) is 4.79 Å². The van der Waals surface area contributed by atoms with Gasteiger partial charge in [0, 0.05) is 6.42 Å². The number of ether oxygens (including phenoxy) is 2. The van der Waals surface area contributed by atoms with Gasteiger partial charge in [-0.25, -0.2) is 9.59 Å². The molecule has 0 aliphatic rings. The lowest BCUT2D eigenvalue weighted by molar-refractivity contribution is -0.156. The molecule has 0 unspecified atom stereocenters. The number of esters is 1. The second kappa shape index (κ2) is 10.5. The highest BCUT2D eigenvalue weighted by atomic mass is 16.6. The Morgan fingerprint density at radius 3 is 2.00 bits per heavy atom. The summed E-state index contributed by atoms with van der Waals surface area (Å²) in [6.07, 6.45) is -0.246. The molecule has 0 saturated carbocycles. The predicted molar refractivity (Wildman–Crippen MR) is 119 cm³/mol. The van der Waals surface area contributed by atoms with Crippen molar-refractivity contribution in [3.63, 3.8) is 0 Å². The van der Waals surface area contributed by atoms with Crippen molar-refractivity contribution in [1.82, 2.24) is 5.32 Å². The van der Waals surface area contributed by atoms with Crippen LogP contribution in [0.15, 0.2) is 35.3 Å². The summed E-state index contributed by atoms with van der Waals surface area (Å²) < 4.78 is 10.9. The minimum Gasteiger partial charge on any atom is -0.458 e. The lowest BCUT2D eigenvalue weighted by atomic mass is 10.0. The minimum atomic E-state index is -0.826. The molecule has 1 aromatic carbocycles. The lowest BCUT2D eigenvalue weighted by Crippen LogP contribution is -2.50. The Morgan fingerprint density at radius 1 is 1.00 bits per heavy atom. The van der Waals surface area contributed by atoms with Crippen molar-refractivity contribution in [1.29, 1.82) is 0 Å². The SMILES string of the molecule is CC(C)[C@H](NC(=O)OC(C)(C)C)C(N)=N[C@@H](Cc1ccccc1)C(=O)OC(C)(C)C. The third-order valence-corrected chi connectivity index (χ3v) is 3.91. The Labute approximate surface area is 180 Å². The monoisotopic (exact) mass is 419 g/mol. The molecule has 7 nitrogen and oxygen atoms in total. The summed E-state index contributed by atoms with van der Waals surface area (Å²) in [7, 11) is 0. The largest absolute Gasteiger partial charge is 0.458 e. The van der Waals surface area contributed by atoms with Gasteiger partial charge in [-0.3, -0.25) is 4.99 Å². The summed E-state index contributed by atoms with van der Waals surface area (Å²) in [4.78, 5) is 29.5. The second-order valence-electron chi connectivity index (χ2n) is 9.66. The second-order valence-corrected chi connectivity index (χ2v) is 9.66. The zero-order valence-corrected chi connectivity index (χ0v) is 19.5. The smallest absolute Gasteiger partial charge is 0.408 e. The van der Waals surface area contributed by atoms with E-state index in [0.717, 1.165) is 5.56 Å². The number of amidine groups is 1. The van der Waals surface area contributed by atoms with Crippen molar-refractivity contribution >= 4 is 17.9 Å². The average molecular weight is 420 g/mol. The maximum Gasteiger partial charge on any atom is 0.408 e. The molecule has 7 heteroatoms. The molecule has 0 bridgehead atoms. The van der Waals surface area contributed by atoms with E-state index in [1.807, 2.05) is 44.2 Å². The normalized spacial score (nSPS) is 14.8. The summed E-state index contributed by atoms with van der Waals surface area (Å²) in [5, 5.41) is 2.76. The van der Waals surface area contributed by atoms with Crippen LogP contribution in [0.1, 0.15) is 61.0 Å². The van der Waals surface area contributed by atoms with Gasteiger partial charge in [0.2, 0.25) is 0 Å². The van der Waals surface area contributed by atoms with E-state index in [2.05, 4.69) is 10.3 Å². The molecular weight excluding hydrogens is 382 g/mol. The van der Waals surface area contributed by atoms with Crippen LogP contribution in [0.3, 0.4) is 0 Å². The van der Waals surface area contributed by atoms with Crippen molar-refractivity contribution in [2.45, 2.75) is 85.1 Å². The van der Waals surface area contributed by atoms with Crippen molar-refractivity contribution < 1.29 is 19.1 Å². The molecule has 1 aromatic rings. The first-order valence-electron chi connectivity index (χ1n) is 10.3. The van der Waals surface area contributed by atoms with E-state index in [0.29, 0.717) is 6.42 Å². The lowest BCUT2D eigenvalue weighted by Gasteiger charge is -2.27. The van der Waals surface area contributed by atoms with Crippen LogP contribution in [-0.4, -0.2) is 41.2 Å². The molecule has 168 valence electrons. The highest BCUT2D eigenvalue weighted by Gasteiger charge is 2.29. The number of rotatable bonds is 7. The van der Waals surface area contributed by atoms with Gasteiger partial charge in [0.25, 0.3) is 0 Å². The van der Waals surface area contributed by atoms with E-state index in [1.54, 1.807) is 41.5 Å². The Balaban J connectivity index is 3.13. The van der Waals surface area contributed by atoms with Gasteiger partial charge in [0.1, 0.15) is 17.0 Å². The number of nitrogens with one attached hydrogen (secondary N) is 1. The third-order valence-electron chi connectivity index (χ3n) is 3.91. The fourth-order valence-corrected chi connectivity index (χ4v) is 2.67. The molecule has 1 amide bonds. The van der Waals surface area contributed by atoms with E-state index in [9.17, 15) is 9.59 Å². The molecule has 0 aliphatic carbocycles. The number of hydrogen-bond donors (Lipinski definition) is 2. The molecule has 0 radical (unpaired) electrons. The highest BCUT2D eigenvalue weighted by Crippen LogP contribution is 2.15. The van der Waals surface area contributed by atoms with Gasteiger partial charge in [-0.05, 0) is 53.0 Å². The number of benzene rings is 1. The molecule has 0 saturated heterocycles. The predicted octanol–water partition coefficient (Wildman–Crippen LogP) is 3.85. The van der Waals surface area contributed by atoms with E-state index in [4.69, 9.17) is 15.2 Å². The van der Waals surface area contributed by atoms with E-state index >= 15 is 0 Å². The number of carbonyl (C=O) groups excluding carboxylic acids is 2. The van der Waals surface area contributed by atoms with Crippen LogP contribution < -0.4 is 11.1 Å². The van der Waals surface area contributed by atoms with Crippen molar-refractivity contribution in [3.05, 3.63) is 35.9 Å². The quantitative estimate of drug-likeness (QED) is 0.397. The standard InChI is InChI=1S/C23H37N3O4/c1-15(2)18(26-21(28)30-23(6,7)8)19(24)25-17(20(27)29-22(3,4)5)14-16-12-10-9-11-13-16/h9-13,15,17-18H,14H2,1-8H3,(H2,24,25)(H,26,28)/t17-,18-/m0/s1. The van der Waals surface area contributed by atoms with Crippen LogP contribution in [-0.2, 0) is 20.7 Å². The molecule has 0 aromatic heterocycles. The summed E-state index contributed by atoms with van der Waals surface area (Å²) in [5.41, 5.74) is 5.91. The zero-order valence-electron chi connectivity index (χ0n) is 19.5. The number of amides is 1. The maximum atomic E-state index is 12.8. The van der Waals surface area contributed by atoms with Crippen molar-refractivity contribution in [2.75, 3.05) is 0 Å². The molecular formula is C23H37N3O4.